The molecule has 4 nitrogen and oxygen atoms in total. The lowest BCUT2D eigenvalue weighted by atomic mass is 9.83. The Morgan fingerprint density at radius 1 is 1.42 bits per heavy atom. The monoisotopic (exact) mass is 322 g/mol. The number of anilines is 1. The molecule has 19 heavy (non-hydrogen) atoms. The summed E-state index contributed by atoms with van der Waals surface area (Å²) in [5, 5.41) is 3.63. The normalized spacial score (nSPS) is 23.7. The van der Waals surface area contributed by atoms with Crippen LogP contribution in [0.1, 0.15) is 39.0 Å². The largest absolute Gasteiger partial charge is 0.364 e. The highest BCUT2D eigenvalue weighted by molar-refractivity contribution is 9.10. The van der Waals surface area contributed by atoms with Crippen LogP contribution in [-0.4, -0.2) is 20.4 Å². The van der Waals surface area contributed by atoms with E-state index in [2.05, 4.69) is 38.1 Å². The van der Waals surface area contributed by atoms with Crippen molar-refractivity contribution >= 4 is 27.4 Å². The zero-order valence-electron chi connectivity index (χ0n) is 11.1. The van der Waals surface area contributed by atoms with Gasteiger partial charge in [0.1, 0.15) is 4.60 Å². The van der Waals surface area contributed by atoms with E-state index in [-0.39, 0.29) is 0 Å². The van der Waals surface area contributed by atoms with Crippen molar-refractivity contribution in [3.63, 3.8) is 0 Å². The molecule has 2 aromatic rings. The summed E-state index contributed by atoms with van der Waals surface area (Å²) in [4.78, 5) is 8.95. The summed E-state index contributed by atoms with van der Waals surface area (Å²) in [6.45, 7) is 2.28. The average molecular weight is 323 g/mol. The molecular formula is C14H19BrN4. The van der Waals surface area contributed by atoms with E-state index in [9.17, 15) is 0 Å². The minimum Gasteiger partial charge on any atom is -0.364 e. The molecule has 0 bridgehead atoms. The molecular weight excluding hydrogens is 304 g/mol. The molecule has 0 aromatic carbocycles. The number of imidazole rings is 1. The average Bonchev–Trinajstić information content (AvgIpc) is 2.87. The predicted molar refractivity (Wildman–Crippen MR) is 80.3 cm³/mol. The molecule has 0 saturated heterocycles. The van der Waals surface area contributed by atoms with Crippen molar-refractivity contribution in [1.82, 2.24) is 14.4 Å². The summed E-state index contributed by atoms with van der Waals surface area (Å²) >= 11 is 3.47. The van der Waals surface area contributed by atoms with Crippen LogP contribution in [0.5, 0.6) is 0 Å². The van der Waals surface area contributed by atoms with Gasteiger partial charge in [-0.25, -0.2) is 9.97 Å². The highest BCUT2D eigenvalue weighted by atomic mass is 79.9. The number of hydrogen-bond acceptors (Lipinski definition) is 3. The molecule has 1 fully saturated rings. The first-order valence-electron chi connectivity index (χ1n) is 7.03. The Balaban J connectivity index is 1.89. The van der Waals surface area contributed by atoms with Gasteiger partial charge in [0.05, 0.1) is 0 Å². The summed E-state index contributed by atoms with van der Waals surface area (Å²) in [5.74, 6) is 1.65. The van der Waals surface area contributed by atoms with Crippen LogP contribution in [0.15, 0.2) is 23.2 Å². The molecule has 5 heteroatoms. The number of fused-ring (bicyclic) bond motifs is 1. The van der Waals surface area contributed by atoms with Crippen LogP contribution < -0.4 is 5.32 Å². The Morgan fingerprint density at radius 3 is 3.11 bits per heavy atom. The predicted octanol–water partition coefficient (Wildman–Crippen LogP) is 3.87. The van der Waals surface area contributed by atoms with E-state index in [0.717, 1.165) is 22.0 Å². The lowest BCUT2D eigenvalue weighted by molar-refractivity contribution is 0.317. The zero-order valence-corrected chi connectivity index (χ0v) is 12.7. The summed E-state index contributed by atoms with van der Waals surface area (Å²) < 4.78 is 2.84. The van der Waals surface area contributed by atoms with Crippen molar-refractivity contribution in [2.24, 2.45) is 5.92 Å². The third-order valence-corrected chi connectivity index (χ3v) is 4.48. The van der Waals surface area contributed by atoms with Gasteiger partial charge in [0.25, 0.3) is 0 Å². The number of nitrogens with one attached hydrogen (secondary N) is 1. The van der Waals surface area contributed by atoms with E-state index < -0.39 is 0 Å². The summed E-state index contributed by atoms with van der Waals surface area (Å²) in [6, 6.07) is 0.529. The molecule has 2 unspecified atom stereocenters. The minimum absolute atomic E-state index is 0.529. The fourth-order valence-corrected chi connectivity index (χ4v) is 3.46. The quantitative estimate of drug-likeness (QED) is 0.932. The SMILES string of the molecule is CCC1CCCCC1Nc1nc(Br)cn2ccnc12. The Labute approximate surface area is 121 Å². The van der Waals surface area contributed by atoms with Crippen molar-refractivity contribution < 1.29 is 0 Å². The first-order chi connectivity index (χ1) is 9.28. The van der Waals surface area contributed by atoms with Gasteiger partial charge in [-0.15, -0.1) is 0 Å². The van der Waals surface area contributed by atoms with Gasteiger partial charge < -0.3 is 9.72 Å². The highest BCUT2D eigenvalue weighted by Gasteiger charge is 2.24. The molecule has 1 saturated carbocycles. The Morgan fingerprint density at radius 2 is 2.26 bits per heavy atom. The maximum absolute atomic E-state index is 4.56. The van der Waals surface area contributed by atoms with E-state index >= 15 is 0 Å². The Kier molecular flexibility index (Phi) is 3.73. The van der Waals surface area contributed by atoms with E-state index in [1.54, 1.807) is 0 Å². The van der Waals surface area contributed by atoms with Gasteiger partial charge in [-0.3, -0.25) is 0 Å². The summed E-state index contributed by atoms with van der Waals surface area (Å²) in [7, 11) is 0. The van der Waals surface area contributed by atoms with Crippen molar-refractivity contribution in [2.75, 3.05) is 5.32 Å². The Hall–Kier alpha value is -1.10. The van der Waals surface area contributed by atoms with E-state index in [4.69, 9.17) is 0 Å². The molecule has 0 spiro atoms. The van der Waals surface area contributed by atoms with Crippen LogP contribution in [0.3, 0.4) is 0 Å². The number of halogens is 1. The number of rotatable bonds is 3. The second-order valence-corrected chi connectivity index (χ2v) is 6.09. The van der Waals surface area contributed by atoms with Crippen LogP contribution in [0.25, 0.3) is 5.65 Å². The van der Waals surface area contributed by atoms with Gasteiger partial charge in [-0.2, -0.15) is 0 Å². The molecule has 2 atom stereocenters. The van der Waals surface area contributed by atoms with Crippen molar-refractivity contribution in [1.29, 1.82) is 0 Å². The third kappa shape index (κ3) is 2.61. The molecule has 1 aliphatic rings. The molecule has 102 valence electrons. The van der Waals surface area contributed by atoms with Gasteiger partial charge in [0.15, 0.2) is 11.5 Å². The van der Waals surface area contributed by atoms with E-state index in [1.165, 1.54) is 32.1 Å². The second kappa shape index (κ2) is 5.49. The standard InChI is InChI=1S/C14H19BrN4/c1-2-10-5-3-4-6-11(10)17-13-14-16-7-8-19(14)9-12(15)18-13/h7-11H,2-6H2,1H3,(H,17,18). The van der Waals surface area contributed by atoms with Gasteiger partial charge in [0, 0.05) is 24.6 Å². The summed E-state index contributed by atoms with van der Waals surface area (Å²) in [5.41, 5.74) is 0.906. The fraction of sp³-hybridized carbons (Fsp3) is 0.571. The van der Waals surface area contributed by atoms with E-state index in [1.807, 2.05) is 23.0 Å². The molecule has 1 aliphatic carbocycles. The van der Waals surface area contributed by atoms with Gasteiger partial charge in [-0.05, 0) is 34.7 Å². The lowest BCUT2D eigenvalue weighted by Crippen LogP contribution is -2.32. The smallest absolute Gasteiger partial charge is 0.180 e. The molecule has 0 radical (unpaired) electrons. The lowest BCUT2D eigenvalue weighted by Gasteiger charge is -2.31. The molecule has 2 aromatic heterocycles. The topological polar surface area (TPSA) is 42.2 Å². The Bertz CT molecular complexity index is 566. The first-order valence-corrected chi connectivity index (χ1v) is 7.83. The molecule has 3 rings (SSSR count). The molecule has 1 N–H and O–H groups in total. The maximum atomic E-state index is 4.56. The highest BCUT2D eigenvalue weighted by Crippen LogP contribution is 2.30. The van der Waals surface area contributed by atoms with Gasteiger partial charge in [0.2, 0.25) is 0 Å². The van der Waals surface area contributed by atoms with Crippen molar-refractivity contribution in [3.8, 4) is 0 Å². The van der Waals surface area contributed by atoms with Gasteiger partial charge >= 0.3 is 0 Å². The first kappa shape index (κ1) is 12.9. The second-order valence-electron chi connectivity index (χ2n) is 5.27. The molecule has 0 amide bonds. The van der Waals surface area contributed by atoms with Crippen LogP contribution in [0, 0.1) is 5.92 Å². The van der Waals surface area contributed by atoms with Crippen LogP contribution in [-0.2, 0) is 0 Å². The third-order valence-electron chi connectivity index (χ3n) is 4.10. The maximum Gasteiger partial charge on any atom is 0.180 e. The fourth-order valence-electron chi connectivity index (χ4n) is 3.06. The number of nitrogens with zero attached hydrogens (tertiary/aromatic N) is 3. The number of aromatic nitrogens is 3. The molecule has 0 aliphatic heterocycles. The van der Waals surface area contributed by atoms with Crippen LogP contribution >= 0.6 is 15.9 Å². The minimum atomic E-state index is 0.529. The van der Waals surface area contributed by atoms with Crippen molar-refractivity contribution in [3.05, 3.63) is 23.2 Å². The van der Waals surface area contributed by atoms with Crippen LogP contribution in [0.4, 0.5) is 5.82 Å². The molecule has 2 heterocycles. The summed E-state index contributed by atoms with van der Waals surface area (Å²) in [6.07, 6.45) is 12.2. The van der Waals surface area contributed by atoms with Crippen molar-refractivity contribution in [2.45, 2.75) is 45.1 Å². The zero-order chi connectivity index (χ0) is 13.2. The van der Waals surface area contributed by atoms with Crippen LogP contribution in [0.2, 0.25) is 0 Å². The van der Waals surface area contributed by atoms with E-state index in [0.29, 0.717) is 6.04 Å². The van der Waals surface area contributed by atoms with Gasteiger partial charge in [-0.1, -0.05) is 26.2 Å². The number of hydrogen-bond donors (Lipinski definition) is 1.